The van der Waals surface area contributed by atoms with Gasteiger partial charge in [-0.25, -0.2) is 13.2 Å². The molecule has 0 aliphatic heterocycles. The molecule has 1 rings (SSSR count). The Morgan fingerprint density at radius 1 is 0.774 bits per heavy atom. The molecule has 0 aliphatic carbocycles. The van der Waals surface area contributed by atoms with Crippen molar-refractivity contribution >= 4 is 15.8 Å². The van der Waals surface area contributed by atoms with Crippen molar-refractivity contribution in [2.75, 3.05) is 18.1 Å². The summed E-state index contributed by atoms with van der Waals surface area (Å²) in [5.41, 5.74) is 0.215. The van der Waals surface area contributed by atoms with Crippen molar-refractivity contribution in [3.63, 3.8) is 0 Å². The summed E-state index contributed by atoms with van der Waals surface area (Å²) < 4.78 is 29.5. The van der Waals surface area contributed by atoms with Crippen LogP contribution in [-0.4, -0.2) is 37.6 Å². The van der Waals surface area contributed by atoms with Crippen LogP contribution in [0.4, 0.5) is 0 Å². The zero-order valence-electron chi connectivity index (χ0n) is 19.3. The van der Waals surface area contributed by atoms with Crippen molar-refractivity contribution in [3.05, 3.63) is 29.8 Å². The van der Waals surface area contributed by atoms with Gasteiger partial charge >= 0.3 is 5.97 Å². The number of aromatic carboxylic acids is 1. The summed E-state index contributed by atoms with van der Waals surface area (Å²) in [6, 6.07) is 6.75. The predicted octanol–water partition coefficient (Wildman–Crippen LogP) is 6.66. The average Bonchev–Trinajstić information content (AvgIpc) is 2.74. The van der Waals surface area contributed by atoms with Crippen LogP contribution in [0.5, 0.6) is 5.75 Å². The lowest BCUT2D eigenvalue weighted by atomic mass is 10.1. The SMILES string of the molecule is CCCCCCS(=O)(=O)CCCCCCCCCCCCOc1ccccc1C(=O)O. The molecule has 0 aliphatic rings. The second-order valence-corrected chi connectivity index (χ2v) is 10.7. The van der Waals surface area contributed by atoms with Gasteiger partial charge in [0.15, 0.2) is 0 Å². The Kier molecular flexibility index (Phi) is 15.1. The summed E-state index contributed by atoms with van der Waals surface area (Å²) in [6.07, 6.45) is 15.1. The van der Waals surface area contributed by atoms with Gasteiger partial charge in [0.05, 0.1) is 18.1 Å². The van der Waals surface area contributed by atoms with E-state index < -0.39 is 15.8 Å². The number of sulfone groups is 1. The Morgan fingerprint density at radius 2 is 1.26 bits per heavy atom. The Balaban J connectivity index is 1.91. The van der Waals surface area contributed by atoms with Crippen LogP contribution in [0, 0.1) is 0 Å². The lowest BCUT2D eigenvalue weighted by Gasteiger charge is -2.08. The van der Waals surface area contributed by atoms with Crippen LogP contribution in [-0.2, 0) is 9.84 Å². The number of hydrogen-bond acceptors (Lipinski definition) is 4. The normalized spacial score (nSPS) is 11.5. The molecule has 0 spiro atoms. The van der Waals surface area contributed by atoms with Crippen LogP contribution in [0.25, 0.3) is 0 Å². The molecule has 5 nitrogen and oxygen atoms in total. The second kappa shape index (κ2) is 17.0. The molecule has 31 heavy (non-hydrogen) atoms. The van der Waals surface area contributed by atoms with Gasteiger partial charge in [-0.3, -0.25) is 0 Å². The number of rotatable bonds is 20. The van der Waals surface area contributed by atoms with Gasteiger partial charge in [-0.1, -0.05) is 89.7 Å². The number of para-hydroxylation sites is 1. The van der Waals surface area contributed by atoms with E-state index in [-0.39, 0.29) is 5.56 Å². The predicted molar refractivity (Wildman–Crippen MR) is 128 cm³/mol. The van der Waals surface area contributed by atoms with Gasteiger partial charge in [-0.2, -0.15) is 0 Å². The van der Waals surface area contributed by atoms with Crippen molar-refractivity contribution in [1.82, 2.24) is 0 Å². The van der Waals surface area contributed by atoms with E-state index in [2.05, 4.69) is 6.92 Å². The van der Waals surface area contributed by atoms with Gasteiger partial charge in [-0.15, -0.1) is 0 Å². The first kappa shape index (κ1) is 27.5. The topological polar surface area (TPSA) is 80.7 Å². The van der Waals surface area contributed by atoms with Gasteiger partial charge in [0.2, 0.25) is 0 Å². The minimum absolute atomic E-state index is 0.215. The molecule has 1 N–H and O–H groups in total. The van der Waals surface area contributed by atoms with E-state index in [1.807, 2.05) is 0 Å². The van der Waals surface area contributed by atoms with E-state index >= 15 is 0 Å². The van der Waals surface area contributed by atoms with E-state index in [0.29, 0.717) is 23.9 Å². The van der Waals surface area contributed by atoms with Gasteiger partial charge in [-0.05, 0) is 31.4 Å². The number of carbonyl (C=O) groups is 1. The fourth-order valence-electron chi connectivity index (χ4n) is 3.64. The molecule has 0 saturated carbocycles. The summed E-state index contributed by atoms with van der Waals surface area (Å²) >= 11 is 0. The maximum absolute atomic E-state index is 12.0. The van der Waals surface area contributed by atoms with Crippen LogP contribution in [0.1, 0.15) is 107 Å². The van der Waals surface area contributed by atoms with Gasteiger partial charge < -0.3 is 9.84 Å². The Bertz CT molecular complexity index is 700. The van der Waals surface area contributed by atoms with Crippen molar-refractivity contribution in [2.45, 2.75) is 96.8 Å². The van der Waals surface area contributed by atoms with E-state index in [4.69, 9.17) is 9.84 Å². The first-order valence-electron chi connectivity index (χ1n) is 12.1. The number of unbranched alkanes of at least 4 members (excludes halogenated alkanes) is 12. The Labute approximate surface area is 189 Å². The number of carboxylic acid groups (broad SMARTS) is 1. The van der Waals surface area contributed by atoms with Crippen LogP contribution in [0.15, 0.2) is 24.3 Å². The van der Waals surface area contributed by atoms with Crippen LogP contribution < -0.4 is 4.74 Å². The molecule has 178 valence electrons. The van der Waals surface area contributed by atoms with E-state index in [9.17, 15) is 13.2 Å². The smallest absolute Gasteiger partial charge is 0.339 e. The minimum atomic E-state index is -2.84. The van der Waals surface area contributed by atoms with Gasteiger partial charge in [0, 0.05) is 0 Å². The highest BCUT2D eigenvalue weighted by atomic mass is 32.2. The zero-order valence-corrected chi connectivity index (χ0v) is 20.1. The van der Waals surface area contributed by atoms with Crippen LogP contribution in [0.2, 0.25) is 0 Å². The van der Waals surface area contributed by atoms with Crippen molar-refractivity contribution in [2.24, 2.45) is 0 Å². The number of benzene rings is 1. The summed E-state index contributed by atoms with van der Waals surface area (Å²) in [5, 5.41) is 9.13. The fraction of sp³-hybridized carbons (Fsp3) is 0.720. The lowest BCUT2D eigenvalue weighted by molar-refractivity contribution is 0.0692. The highest BCUT2D eigenvalue weighted by Gasteiger charge is 2.10. The number of carboxylic acids is 1. The van der Waals surface area contributed by atoms with Crippen LogP contribution in [0.3, 0.4) is 0 Å². The summed E-state index contributed by atoms with van der Waals surface area (Å²) in [5.74, 6) is 0.210. The second-order valence-electron chi connectivity index (χ2n) is 8.40. The van der Waals surface area contributed by atoms with E-state index in [1.165, 1.54) is 32.1 Å². The van der Waals surface area contributed by atoms with Crippen molar-refractivity contribution in [1.29, 1.82) is 0 Å². The minimum Gasteiger partial charge on any atom is -0.493 e. The zero-order chi connectivity index (χ0) is 22.8. The largest absolute Gasteiger partial charge is 0.493 e. The molecule has 0 radical (unpaired) electrons. The molecule has 0 heterocycles. The Morgan fingerprint density at radius 3 is 1.81 bits per heavy atom. The van der Waals surface area contributed by atoms with E-state index in [1.54, 1.807) is 24.3 Å². The highest BCUT2D eigenvalue weighted by molar-refractivity contribution is 7.91. The third kappa shape index (κ3) is 14.2. The van der Waals surface area contributed by atoms with Gasteiger partial charge in [0.1, 0.15) is 21.2 Å². The highest BCUT2D eigenvalue weighted by Crippen LogP contribution is 2.18. The fourth-order valence-corrected chi connectivity index (χ4v) is 5.13. The summed E-state index contributed by atoms with van der Waals surface area (Å²) in [4.78, 5) is 11.1. The lowest BCUT2D eigenvalue weighted by Crippen LogP contribution is -2.11. The standard InChI is InChI=1S/C25H42O5S/c1-2-3-4-16-21-31(28,29)22-17-12-10-8-6-5-7-9-11-15-20-30-24-19-14-13-18-23(24)25(26)27/h13-14,18-19H,2-12,15-17,20-22H2,1H3,(H,26,27). The molecule has 0 unspecified atom stereocenters. The molecule has 0 aromatic heterocycles. The average molecular weight is 455 g/mol. The molecule has 1 aromatic carbocycles. The molecule has 0 fully saturated rings. The van der Waals surface area contributed by atoms with Crippen LogP contribution >= 0.6 is 0 Å². The molecular weight excluding hydrogens is 412 g/mol. The van der Waals surface area contributed by atoms with E-state index in [0.717, 1.165) is 57.8 Å². The maximum atomic E-state index is 12.0. The number of hydrogen-bond donors (Lipinski definition) is 1. The third-order valence-corrected chi connectivity index (χ3v) is 7.35. The third-order valence-electron chi connectivity index (χ3n) is 5.53. The first-order chi connectivity index (χ1) is 15.0. The first-order valence-corrected chi connectivity index (χ1v) is 13.9. The molecular formula is C25H42O5S. The van der Waals surface area contributed by atoms with Crippen molar-refractivity contribution in [3.8, 4) is 5.75 Å². The van der Waals surface area contributed by atoms with Gasteiger partial charge in [0.25, 0.3) is 0 Å². The molecule has 0 atom stereocenters. The molecule has 6 heteroatoms. The maximum Gasteiger partial charge on any atom is 0.339 e. The quantitative estimate of drug-likeness (QED) is 0.223. The number of ether oxygens (including phenoxy) is 1. The molecule has 0 saturated heterocycles. The molecule has 0 bridgehead atoms. The monoisotopic (exact) mass is 454 g/mol. The van der Waals surface area contributed by atoms with Crippen molar-refractivity contribution < 1.29 is 23.1 Å². The summed E-state index contributed by atoms with van der Waals surface area (Å²) in [6.45, 7) is 2.68. The molecule has 0 amide bonds. The molecule has 1 aromatic rings. The summed E-state index contributed by atoms with van der Waals surface area (Å²) in [7, 11) is -2.84. The Hall–Kier alpha value is -1.56.